The van der Waals surface area contributed by atoms with Crippen molar-refractivity contribution in [1.29, 1.82) is 10.8 Å². The molecule has 1 aromatic carbocycles. The first kappa shape index (κ1) is 19.5. The topological polar surface area (TPSA) is 92.9 Å². The predicted octanol–water partition coefficient (Wildman–Crippen LogP) is 4.10. The highest BCUT2D eigenvalue weighted by Gasteiger charge is 2.23. The fourth-order valence-corrected chi connectivity index (χ4v) is 3.82. The molecule has 1 fully saturated rings. The molecule has 0 aliphatic carbocycles. The fraction of sp³-hybridized carbons (Fsp3) is 0.400. The van der Waals surface area contributed by atoms with Gasteiger partial charge in [0, 0.05) is 17.1 Å². The standard InChI is InChI=1S/C20H25N5OS/c1-13(25-8-4-3-5-9-25)20(26)24-18-11-17-10-15(19(22)27-14(2)21)6-7-16(17)12-23-18/h6-7,10-13,21-22H,3-5,8-9H2,1-2H3,(H,23,24,26). The first-order chi connectivity index (χ1) is 12.9. The lowest BCUT2D eigenvalue weighted by atomic mass is 10.1. The molecule has 1 aromatic heterocycles. The van der Waals surface area contributed by atoms with E-state index >= 15 is 0 Å². The molecule has 1 aliphatic rings. The van der Waals surface area contributed by atoms with Crippen molar-refractivity contribution in [3.05, 3.63) is 36.0 Å². The van der Waals surface area contributed by atoms with E-state index in [0.717, 1.165) is 54.0 Å². The van der Waals surface area contributed by atoms with Crippen LogP contribution in [0.5, 0.6) is 0 Å². The smallest absolute Gasteiger partial charge is 0.242 e. The first-order valence-corrected chi connectivity index (χ1v) is 10.0. The zero-order valence-electron chi connectivity index (χ0n) is 15.7. The lowest BCUT2D eigenvalue weighted by Crippen LogP contribution is -2.44. The summed E-state index contributed by atoms with van der Waals surface area (Å²) < 4.78 is 0. The minimum Gasteiger partial charge on any atom is -0.309 e. The van der Waals surface area contributed by atoms with Gasteiger partial charge in [0.25, 0.3) is 0 Å². The second-order valence-corrected chi connectivity index (χ2v) is 8.11. The Morgan fingerprint density at radius 1 is 1.19 bits per heavy atom. The minimum atomic E-state index is -0.172. The summed E-state index contributed by atoms with van der Waals surface area (Å²) in [4.78, 5) is 19.2. The third-order valence-electron chi connectivity index (χ3n) is 4.81. The summed E-state index contributed by atoms with van der Waals surface area (Å²) in [5.41, 5.74) is 0.754. The molecule has 1 atom stereocenters. The molecule has 27 heavy (non-hydrogen) atoms. The van der Waals surface area contributed by atoms with Gasteiger partial charge in [0.05, 0.1) is 11.1 Å². The lowest BCUT2D eigenvalue weighted by molar-refractivity contribution is -0.121. The van der Waals surface area contributed by atoms with E-state index in [1.165, 1.54) is 6.42 Å². The van der Waals surface area contributed by atoms with Gasteiger partial charge in [-0.05, 0) is 57.3 Å². The molecule has 2 aromatic rings. The Kier molecular flexibility index (Phi) is 6.23. The van der Waals surface area contributed by atoms with Crippen LogP contribution in [0.15, 0.2) is 30.5 Å². The Morgan fingerprint density at radius 2 is 1.93 bits per heavy atom. The highest BCUT2D eigenvalue weighted by molar-refractivity contribution is 8.26. The van der Waals surface area contributed by atoms with Crippen molar-refractivity contribution in [2.75, 3.05) is 18.4 Å². The van der Waals surface area contributed by atoms with Crippen LogP contribution in [0.2, 0.25) is 0 Å². The molecule has 6 nitrogen and oxygen atoms in total. The van der Waals surface area contributed by atoms with Gasteiger partial charge in [0.15, 0.2) is 0 Å². The van der Waals surface area contributed by atoms with Gasteiger partial charge in [0.2, 0.25) is 5.91 Å². The van der Waals surface area contributed by atoms with E-state index in [4.69, 9.17) is 10.8 Å². The van der Waals surface area contributed by atoms with Gasteiger partial charge in [-0.15, -0.1) is 0 Å². The highest BCUT2D eigenvalue weighted by Crippen LogP contribution is 2.22. The minimum absolute atomic E-state index is 0.0392. The number of rotatable bonds is 4. The maximum atomic E-state index is 12.6. The van der Waals surface area contributed by atoms with Gasteiger partial charge in [-0.3, -0.25) is 20.5 Å². The normalized spacial score (nSPS) is 16.1. The molecule has 0 bridgehead atoms. The third kappa shape index (κ3) is 4.93. The first-order valence-electron chi connectivity index (χ1n) is 9.20. The molecule has 7 heteroatoms. The van der Waals surface area contributed by atoms with Gasteiger partial charge in [-0.25, -0.2) is 4.98 Å². The molecule has 3 N–H and O–H groups in total. The van der Waals surface area contributed by atoms with E-state index in [-0.39, 0.29) is 11.9 Å². The Balaban J connectivity index is 1.75. The van der Waals surface area contributed by atoms with Crippen LogP contribution in [0.1, 0.15) is 38.7 Å². The molecule has 1 unspecified atom stereocenters. The Labute approximate surface area is 163 Å². The van der Waals surface area contributed by atoms with E-state index < -0.39 is 0 Å². The van der Waals surface area contributed by atoms with E-state index in [0.29, 0.717) is 15.9 Å². The molecule has 0 spiro atoms. The van der Waals surface area contributed by atoms with Crippen LogP contribution in [0.3, 0.4) is 0 Å². The number of carbonyl (C=O) groups is 1. The van der Waals surface area contributed by atoms with Crippen molar-refractivity contribution in [3.8, 4) is 0 Å². The van der Waals surface area contributed by atoms with Crippen LogP contribution in [0.4, 0.5) is 5.82 Å². The number of hydrogen-bond acceptors (Lipinski definition) is 6. The van der Waals surface area contributed by atoms with E-state index in [1.807, 2.05) is 31.2 Å². The summed E-state index contributed by atoms with van der Waals surface area (Å²) in [5, 5.41) is 21.1. The molecule has 1 aliphatic heterocycles. The number of thioether (sulfide) groups is 1. The van der Waals surface area contributed by atoms with Crippen molar-refractivity contribution >= 4 is 44.3 Å². The maximum absolute atomic E-state index is 12.6. The van der Waals surface area contributed by atoms with Gasteiger partial charge < -0.3 is 5.32 Å². The Morgan fingerprint density at radius 3 is 2.63 bits per heavy atom. The SMILES string of the molecule is CC(=N)SC(=N)c1ccc2cnc(NC(=O)C(C)N3CCCCC3)cc2c1. The van der Waals surface area contributed by atoms with Crippen LogP contribution in [-0.4, -0.2) is 45.0 Å². The van der Waals surface area contributed by atoms with Crippen LogP contribution in [0.25, 0.3) is 10.8 Å². The number of nitrogens with one attached hydrogen (secondary N) is 3. The summed E-state index contributed by atoms with van der Waals surface area (Å²) in [7, 11) is 0. The van der Waals surface area contributed by atoms with Gasteiger partial charge in [0.1, 0.15) is 10.9 Å². The maximum Gasteiger partial charge on any atom is 0.242 e. The number of likely N-dealkylation sites (tertiary alicyclic amines) is 1. The Hall–Kier alpha value is -2.25. The molecular weight excluding hydrogens is 358 g/mol. The van der Waals surface area contributed by atoms with E-state index in [2.05, 4.69) is 15.2 Å². The van der Waals surface area contributed by atoms with Crippen LogP contribution in [-0.2, 0) is 4.79 Å². The van der Waals surface area contributed by atoms with E-state index in [9.17, 15) is 4.79 Å². The number of benzene rings is 1. The van der Waals surface area contributed by atoms with Crippen molar-refractivity contribution < 1.29 is 4.79 Å². The average Bonchev–Trinajstić information content (AvgIpc) is 2.67. The number of anilines is 1. The Bertz CT molecular complexity index is 876. The molecule has 1 amide bonds. The monoisotopic (exact) mass is 383 g/mol. The summed E-state index contributed by atoms with van der Waals surface area (Å²) in [6.45, 7) is 5.55. The lowest BCUT2D eigenvalue weighted by Gasteiger charge is -2.31. The molecular formula is C20H25N5OS. The van der Waals surface area contributed by atoms with Gasteiger partial charge in [-0.1, -0.05) is 30.3 Å². The number of nitrogens with zero attached hydrogens (tertiary/aromatic N) is 2. The summed E-state index contributed by atoms with van der Waals surface area (Å²) in [5.74, 6) is 0.485. The largest absolute Gasteiger partial charge is 0.309 e. The second kappa shape index (κ2) is 8.63. The zero-order valence-corrected chi connectivity index (χ0v) is 16.5. The average molecular weight is 384 g/mol. The molecule has 0 radical (unpaired) electrons. The molecule has 142 valence electrons. The van der Waals surface area contributed by atoms with Gasteiger partial charge in [-0.2, -0.15) is 0 Å². The molecule has 1 saturated heterocycles. The number of carbonyl (C=O) groups excluding carboxylic acids is 1. The number of aromatic nitrogens is 1. The fourth-order valence-electron chi connectivity index (χ4n) is 3.26. The number of piperidine rings is 1. The van der Waals surface area contributed by atoms with Crippen molar-refractivity contribution in [2.24, 2.45) is 0 Å². The number of amides is 1. The quantitative estimate of drug-likeness (QED) is 0.547. The molecule has 0 saturated carbocycles. The number of fused-ring (bicyclic) bond motifs is 1. The van der Waals surface area contributed by atoms with Crippen molar-refractivity contribution in [1.82, 2.24) is 9.88 Å². The highest BCUT2D eigenvalue weighted by atomic mass is 32.2. The van der Waals surface area contributed by atoms with Crippen LogP contribution < -0.4 is 5.32 Å². The van der Waals surface area contributed by atoms with E-state index in [1.54, 1.807) is 13.1 Å². The molecule has 2 heterocycles. The number of hydrogen-bond donors (Lipinski definition) is 3. The van der Waals surface area contributed by atoms with Crippen LogP contribution >= 0.6 is 11.8 Å². The zero-order chi connectivity index (χ0) is 19.4. The summed E-state index contributed by atoms with van der Waals surface area (Å²) in [6.07, 6.45) is 5.27. The van der Waals surface area contributed by atoms with Crippen LogP contribution in [0, 0.1) is 10.8 Å². The van der Waals surface area contributed by atoms with Crippen molar-refractivity contribution in [3.63, 3.8) is 0 Å². The third-order valence-corrected chi connectivity index (χ3v) is 5.55. The van der Waals surface area contributed by atoms with Crippen molar-refractivity contribution in [2.45, 2.75) is 39.2 Å². The predicted molar refractivity (Wildman–Crippen MR) is 113 cm³/mol. The second-order valence-electron chi connectivity index (χ2n) is 6.88. The van der Waals surface area contributed by atoms with Gasteiger partial charge >= 0.3 is 0 Å². The number of pyridine rings is 1. The summed E-state index contributed by atoms with van der Waals surface area (Å²) in [6, 6.07) is 7.34. The summed E-state index contributed by atoms with van der Waals surface area (Å²) >= 11 is 1.13. The molecule has 3 rings (SSSR count).